The second kappa shape index (κ2) is 8.99. The van der Waals surface area contributed by atoms with E-state index in [4.69, 9.17) is 16.3 Å². The lowest BCUT2D eigenvalue weighted by Crippen LogP contribution is -2.35. The standard InChI is InChI=1S/C19H20ClN3O6S/c1-29-18-8-6-14(30(27,28)22-9-3-2-4-10-22)12-15(18)19(24)21-16-7-5-13(20)11-17(16)23(25)26/h5-8,11-12H,2-4,9-10H2,1H3,(H,21,24). The summed E-state index contributed by atoms with van der Waals surface area (Å²) in [7, 11) is -2.43. The zero-order valence-electron chi connectivity index (χ0n) is 16.1. The van der Waals surface area contributed by atoms with Crippen LogP contribution in [0.1, 0.15) is 29.6 Å². The van der Waals surface area contributed by atoms with Gasteiger partial charge in [-0.25, -0.2) is 8.42 Å². The molecular formula is C19H20ClN3O6S. The van der Waals surface area contributed by atoms with Gasteiger partial charge in [-0.1, -0.05) is 18.0 Å². The van der Waals surface area contributed by atoms with E-state index in [0.29, 0.717) is 13.1 Å². The number of methoxy groups -OCH3 is 1. The van der Waals surface area contributed by atoms with Gasteiger partial charge in [0.05, 0.1) is 22.5 Å². The number of rotatable bonds is 6. The summed E-state index contributed by atoms with van der Waals surface area (Å²) >= 11 is 5.80. The molecule has 30 heavy (non-hydrogen) atoms. The van der Waals surface area contributed by atoms with E-state index in [2.05, 4.69) is 5.32 Å². The Morgan fingerprint density at radius 3 is 2.50 bits per heavy atom. The number of carbonyl (C=O) groups excluding carboxylic acids is 1. The third-order valence-corrected chi connectivity index (χ3v) is 6.90. The number of nitro groups is 1. The Morgan fingerprint density at radius 2 is 1.87 bits per heavy atom. The number of ether oxygens (including phenoxy) is 1. The first-order valence-corrected chi connectivity index (χ1v) is 11.0. The quantitative estimate of drug-likeness (QED) is 0.526. The van der Waals surface area contributed by atoms with E-state index in [0.717, 1.165) is 25.3 Å². The highest BCUT2D eigenvalue weighted by Gasteiger charge is 2.28. The zero-order valence-corrected chi connectivity index (χ0v) is 17.7. The molecule has 1 N–H and O–H groups in total. The fourth-order valence-corrected chi connectivity index (χ4v) is 4.94. The van der Waals surface area contributed by atoms with Crippen molar-refractivity contribution in [1.29, 1.82) is 0 Å². The van der Waals surface area contributed by atoms with Crippen LogP contribution in [-0.2, 0) is 10.0 Å². The summed E-state index contributed by atoms with van der Waals surface area (Å²) in [6.45, 7) is 0.847. The molecule has 0 aromatic heterocycles. The maximum atomic E-state index is 13.0. The van der Waals surface area contributed by atoms with Gasteiger partial charge in [0, 0.05) is 24.2 Å². The van der Waals surface area contributed by atoms with E-state index >= 15 is 0 Å². The SMILES string of the molecule is COc1ccc(S(=O)(=O)N2CCCCC2)cc1C(=O)Nc1ccc(Cl)cc1[N+](=O)[O-]. The van der Waals surface area contributed by atoms with E-state index in [1.54, 1.807) is 0 Å². The van der Waals surface area contributed by atoms with E-state index in [1.165, 1.54) is 41.7 Å². The first kappa shape index (κ1) is 22.0. The van der Waals surface area contributed by atoms with E-state index < -0.39 is 20.9 Å². The molecule has 0 aliphatic carbocycles. The topological polar surface area (TPSA) is 119 Å². The zero-order chi connectivity index (χ0) is 21.9. The second-order valence-corrected chi connectivity index (χ2v) is 9.07. The van der Waals surface area contributed by atoms with E-state index in [-0.39, 0.29) is 32.6 Å². The maximum Gasteiger partial charge on any atom is 0.294 e. The van der Waals surface area contributed by atoms with Crippen molar-refractivity contribution in [3.63, 3.8) is 0 Å². The molecule has 0 radical (unpaired) electrons. The van der Waals surface area contributed by atoms with Crippen LogP contribution in [0.5, 0.6) is 5.75 Å². The van der Waals surface area contributed by atoms with Gasteiger partial charge in [-0.2, -0.15) is 4.31 Å². The van der Waals surface area contributed by atoms with Crippen molar-refractivity contribution in [3.05, 3.63) is 57.1 Å². The van der Waals surface area contributed by atoms with Crippen LogP contribution in [0.15, 0.2) is 41.3 Å². The fraction of sp³-hybridized carbons (Fsp3) is 0.316. The summed E-state index contributed by atoms with van der Waals surface area (Å²) in [4.78, 5) is 23.4. The number of hydrogen-bond donors (Lipinski definition) is 1. The molecule has 2 aromatic carbocycles. The highest BCUT2D eigenvalue weighted by molar-refractivity contribution is 7.89. The van der Waals surface area contributed by atoms with Crippen LogP contribution in [0, 0.1) is 10.1 Å². The molecule has 0 saturated carbocycles. The van der Waals surface area contributed by atoms with Crippen molar-refractivity contribution in [2.45, 2.75) is 24.2 Å². The molecule has 11 heteroatoms. The summed E-state index contributed by atoms with van der Waals surface area (Å²) < 4.78 is 32.5. The Kier molecular flexibility index (Phi) is 6.59. The van der Waals surface area contributed by atoms with Gasteiger partial charge in [0.15, 0.2) is 0 Å². The third-order valence-electron chi connectivity index (χ3n) is 4.77. The lowest BCUT2D eigenvalue weighted by atomic mass is 10.1. The number of hydrogen-bond acceptors (Lipinski definition) is 6. The van der Waals surface area contributed by atoms with Gasteiger partial charge in [0.25, 0.3) is 11.6 Å². The number of piperidine rings is 1. The Balaban J connectivity index is 1.96. The molecule has 160 valence electrons. The fourth-order valence-electron chi connectivity index (χ4n) is 3.23. The minimum absolute atomic E-state index is 0.0408. The van der Waals surface area contributed by atoms with Gasteiger partial charge in [0.2, 0.25) is 10.0 Å². The molecule has 0 atom stereocenters. The van der Waals surface area contributed by atoms with E-state index in [1.807, 2.05) is 0 Å². The number of sulfonamides is 1. The van der Waals surface area contributed by atoms with Gasteiger partial charge >= 0.3 is 0 Å². The minimum atomic E-state index is -3.77. The van der Waals surface area contributed by atoms with Crippen molar-refractivity contribution in [2.75, 3.05) is 25.5 Å². The molecule has 1 saturated heterocycles. The number of carbonyl (C=O) groups is 1. The first-order chi connectivity index (χ1) is 14.2. The van der Waals surface area contributed by atoms with Crippen LogP contribution < -0.4 is 10.1 Å². The monoisotopic (exact) mass is 453 g/mol. The molecule has 1 fully saturated rings. The van der Waals surface area contributed by atoms with Crippen LogP contribution in [0.2, 0.25) is 5.02 Å². The highest BCUT2D eigenvalue weighted by atomic mass is 35.5. The summed E-state index contributed by atoms with van der Waals surface area (Å²) in [5, 5.41) is 13.8. The predicted molar refractivity (Wildman–Crippen MR) is 112 cm³/mol. The summed E-state index contributed by atoms with van der Waals surface area (Å²) in [6.07, 6.45) is 2.54. The second-order valence-electron chi connectivity index (χ2n) is 6.70. The number of benzene rings is 2. The average Bonchev–Trinajstić information content (AvgIpc) is 2.74. The minimum Gasteiger partial charge on any atom is -0.496 e. The average molecular weight is 454 g/mol. The van der Waals surface area contributed by atoms with Crippen LogP contribution in [0.3, 0.4) is 0 Å². The summed E-state index contributed by atoms with van der Waals surface area (Å²) in [5.74, 6) is -0.602. The van der Waals surface area contributed by atoms with Crippen molar-refractivity contribution in [3.8, 4) is 5.75 Å². The maximum absolute atomic E-state index is 13.0. The number of nitrogens with one attached hydrogen (secondary N) is 1. The number of amides is 1. The Hall–Kier alpha value is -2.69. The van der Waals surface area contributed by atoms with Gasteiger partial charge in [-0.05, 0) is 43.2 Å². The van der Waals surface area contributed by atoms with Crippen LogP contribution in [0.25, 0.3) is 0 Å². The van der Waals surface area contributed by atoms with Crippen LogP contribution >= 0.6 is 11.6 Å². The molecule has 0 unspecified atom stereocenters. The number of anilines is 1. The Morgan fingerprint density at radius 1 is 1.17 bits per heavy atom. The smallest absolute Gasteiger partial charge is 0.294 e. The summed E-state index contributed by atoms with van der Waals surface area (Å²) in [6, 6.07) is 7.82. The lowest BCUT2D eigenvalue weighted by molar-refractivity contribution is -0.383. The Labute approximate surface area is 178 Å². The number of nitro benzene ring substituents is 1. The Bertz CT molecular complexity index is 1080. The predicted octanol–water partition coefficient (Wildman–Crippen LogP) is 3.68. The number of nitrogens with zero attached hydrogens (tertiary/aromatic N) is 2. The van der Waals surface area contributed by atoms with Gasteiger partial charge in [0.1, 0.15) is 11.4 Å². The van der Waals surface area contributed by atoms with Gasteiger partial charge < -0.3 is 10.1 Å². The highest BCUT2D eigenvalue weighted by Crippen LogP contribution is 2.30. The van der Waals surface area contributed by atoms with Crippen molar-refractivity contribution in [2.24, 2.45) is 0 Å². The molecule has 3 rings (SSSR count). The molecule has 1 aliphatic heterocycles. The van der Waals surface area contributed by atoms with Crippen LogP contribution in [0.4, 0.5) is 11.4 Å². The van der Waals surface area contributed by atoms with Crippen LogP contribution in [-0.4, -0.2) is 43.8 Å². The largest absolute Gasteiger partial charge is 0.496 e. The molecular weight excluding hydrogens is 434 g/mol. The molecule has 0 bridgehead atoms. The van der Waals surface area contributed by atoms with Crippen molar-refractivity contribution < 1.29 is 22.9 Å². The first-order valence-electron chi connectivity index (χ1n) is 9.17. The van der Waals surface area contributed by atoms with Gasteiger partial charge in [-0.15, -0.1) is 0 Å². The molecule has 2 aromatic rings. The molecule has 9 nitrogen and oxygen atoms in total. The molecule has 0 spiro atoms. The lowest BCUT2D eigenvalue weighted by Gasteiger charge is -2.26. The summed E-state index contributed by atoms with van der Waals surface area (Å²) in [5.41, 5.74) is -0.507. The van der Waals surface area contributed by atoms with Crippen molar-refractivity contribution >= 4 is 38.9 Å². The number of halogens is 1. The van der Waals surface area contributed by atoms with Crippen molar-refractivity contribution in [1.82, 2.24) is 4.31 Å². The normalized spacial score (nSPS) is 14.9. The molecule has 1 heterocycles. The third kappa shape index (κ3) is 4.55. The van der Waals surface area contributed by atoms with Gasteiger partial charge in [-0.3, -0.25) is 14.9 Å². The molecule has 1 amide bonds. The van der Waals surface area contributed by atoms with E-state index in [9.17, 15) is 23.3 Å². The molecule has 1 aliphatic rings.